The van der Waals surface area contributed by atoms with Crippen LogP contribution in [0.15, 0.2) is 26.0 Å². The number of benzene rings is 1. The fourth-order valence-corrected chi connectivity index (χ4v) is 6.94. The summed E-state index contributed by atoms with van der Waals surface area (Å²) in [6, 6.07) is 5.48. The Balaban J connectivity index is 0.000000413. The van der Waals surface area contributed by atoms with Gasteiger partial charge in [0.15, 0.2) is 7.83 Å². The molecular weight excluding hydrogens is 798 g/mol. The molecule has 3 aromatic rings. The average Bonchev–Trinajstić information content (AvgIpc) is 3.55. The molecule has 0 radical (unpaired) electrons. The van der Waals surface area contributed by atoms with Crippen LogP contribution in [-0.4, -0.2) is 73.4 Å². The van der Waals surface area contributed by atoms with Crippen LogP contribution in [0.2, 0.25) is 0 Å². The lowest BCUT2D eigenvalue weighted by Crippen LogP contribution is -2.31. The minimum Gasteiger partial charge on any atom is -0.497 e. The van der Waals surface area contributed by atoms with E-state index >= 15 is 0 Å². The fourth-order valence-electron chi connectivity index (χ4n) is 3.55. The first kappa shape index (κ1) is 37.1. The molecule has 1 aromatic carbocycles. The Morgan fingerprint density at radius 1 is 0.814 bits per heavy atom. The van der Waals surface area contributed by atoms with E-state index in [4.69, 9.17) is 23.7 Å². The number of methoxy groups -OCH3 is 2. The van der Waals surface area contributed by atoms with Crippen LogP contribution in [0.1, 0.15) is 57.1 Å². The van der Waals surface area contributed by atoms with Crippen molar-refractivity contribution in [3.63, 3.8) is 0 Å². The maximum atomic E-state index is 12.3. The molecule has 0 spiro atoms. The summed E-state index contributed by atoms with van der Waals surface area (Å²) in [6.45, 7) is 6.88. The van der Waals surface area contributed by atoms with Crippen LogP contribution < -0.4 is 9.47 Å². The Kier molecular flexibility index (Phi) is 16.7. The average molecular weight is 830 g/mol. The fraction of sp³-hybridized carbons (Fsp3) is 0.444. The topological polar surface area (TPSA) is 126 Å². The first-order valence-corrected chi connectivity index (χ1v) is 17.2. The predicted octanol–water partition coefficient (Wildman–Crippen LogP) is 6.64. The highest BCUT2D eigenvalue weighted by Gasteiger charge is 2.23. The highest BCUT2D eigenvalue weighted by Crippen LogP contribution is 2.29. The molecule has 0 amide bonds. The highest BCUT2D eigenvalue weighted by atomic mass is 79.9. The summed E-state index contributed by atoms with van der Waals surface area (Å²) < 4.78 is 27.1. The van der Waals surface area contributed by atoms with E-state index < -0.39 is 5.97 Å². The minimum atomic E-state index is -0.436. The van der Waals surface area contributed by atoms with E-state index in [1.165, 1.54) is 22.7 Å². The Labute approximate surface area is 283 Å². The Hall–Kier alpha value is -2.11. The summed E-state index contributed by atoms with van der Waals surface area (Å²) in [4.78, 5) is 47.2. The number of rotatable bonds is 14. The molecule has 0 aliphatic heterocycles. The van der Waals surface area contributed by atoms with Crippen molar-refractivity contribution in [2.75, 3.05) is 40.6 Å². The Morgan fingerprint density at radius 2 is 1.37 bits per heavy atom. The van der Waals surface area contributed by atoms with Gasteiger partial charge in [0.1, 0.15) is 21.3 Å². The summed E-state index contributed by atoms with van der Waals surface area (Å²) >= 11 is 12.3. The molecule has 16 heteroatoms. The number of carbonyl (C=O) groups is 3. The molecule has 236 valence electrons. The molecule has 43 heavy (non-hydrogen) atoms. The molecular formula is C27H32Br3N3O8S2. The van der Waals surface area contributed by atoms with Crippen molar-refractivity contribution in [2.24, 2.45) is 0 Å². The third-order valence-electron chi connectivity index (χ3n) is 5.31. The number of thiazole rings is 2. The van der Waals surface area contributed by atoms with Gasteiger partial charge in [0, 0.05) is 30.0 Å². The summed E-state index contributed by atoms with van der Waals surface area (Å²) in [7, 11) is 3.16. The highest BCUT2D eigenvalue weighted by molar-refractivity contribution is 9.11. The second-order valence-electron chi connectivity index (χ2n) is 8.19. The summed E-state index contributed by atoms with van der Waals surface area (Å²) in [5, 5.41) is 0.559. The third kappa shape index (κ3) is 11.7. The lowest BCUT2D eigenvalue weighted by atomic mass is 10.1. The van der Waals surface area contributed by atoms with Crippen molar-refractivity contribution in [2.45, 2.75) is 39.2 Å². The van der Waals surface area contributed by atoms with E-state index in [2.05, 4.69) is 57.8 Å². The normalized spacial score (nSPS) is 10.5. The zero-order valence-electron chi connectivity index (χ0n) is 24.2. The van der Waals surface area contributed by atoms with Gasteiger partial charge < -0.3 is 23.7 Å². The van der Waals surface area contributed by atoms with Crippen molar-refractivity contribution in [1.82, 2.24) is 14.9 Å². The predicted molar refractivity (Wildman–Crippen MR) is 174 cm³/mol. The van der Waals surface area contributed by atoms with Crippen LogP contribution in [0.5, 0.6) is 11.5 Å². The number of esters is 3. The van der Waals surface area contributed by atoms with Crippen molar-refractivity contribution in [3.8, 4) is 11.5 Å². The zero-order valence-corrected chi connectivity index (χ0v) is 30.6. The molecule has 3 rings (SSSR count). The van der Waals surface area contributed by atoms with Gasteiger partial charge in [-0.1, -0.05) is 44.7 Å². The molecule has 11 nitrogen and oxygen atoms in total. The third-order valence-corrected chi connectivity index (χ3v) is 8.90. The number of halogens is 3. The summed E-state index contributed by atoms with van der Waals surface area (Å²) in [5.74, 6) is 0.194. The van der Waals surface area contributed by atoms with Gasteiger partial charge in [0.2, 0.25) is 0 Å². The molecule has 2 aromatic heterocycles. The molecule has 0 unspecified atom stereocenters. The van der Waals surface area contributed by atoms with E-state index in [1.54, 1.807) is 41.1 Å². The van der Waals surface area contributed by atoms with Crippen LogP contribution >= 0.6 is 70.5 Å². The van der Waals surface area contributed by atoms with E-state index in [0.717, 1.165) is 11.3 Å². The van der Waals surface area contributed by atoms with Crippen LogP contribution in [0.3, 0.4) is 0 Å². The molecule has 0 atom stereocenters. The van der Waals surface area contributed by atoms with Crippen LogP contribution in [0, 0.1) is 0 Å². The number of alkyl halides is 1. The molecule has 0 aliphatic carbocycles. The molecule has 0 N–H and O–H groups in total. The lowest BCUT2D eigenvalue weighted by molar-refractivity contribution is -0.144. The van der Waals surface area contributed by atoms with E-state index in [1.807, 2.05) is 17.0 Å². The lowest BCUT2D eigenvalue weighted by Gasteiger charge is -2.22. The Bertz CT molecular complexity index is 1370. The minimum absolute atomic E-state index is 0.0282. The molecule has 2 heterocycles. The quantitative estimate of drug-likeness (QED) is 0.0987. The Morgan fingerprint density at radius 3 is 1.88 bits per heavy atom. The number of hydrogen-bond acceptors (Lipinski definition) is 13. The van der Waals surface area contributed by atoms with Crippen LogP contribution in [-0.2, 0) is 37.4 Å². The number of aromatic nitrogens is 2. The first-order valence-electron chi connectivity index (χ1n) is 12.9. The van der Waals surface area contributed by atoms with E-state index in [-0.39, 0.29) is 38.2 Å². The van der Waals surface area contributed by atoms with Gasteiger partial charge in [-0.15, -0.1) is 0 Å². The second kappa shape index (κ2) is 19.3. The number of nitrogens with zero attached hydrogens (tertiary/aromatic N) is 3. The largest absolute Gasteiger partial charge is 0.497 e. The molecule has 0 saturated carbocycles. The van der Waals surface area contributed by atoms with Gasteiger partial charge in [-0.3, -0.25) is 9.69 Å². The molecule has 0 aliphatic rings. The van der Waals surface area contributed by atoms with Crippen LogP contribution in [0.4, 0.5) is 0 Å². The SMILES string of the molecule is CCOC(=O)CN(Cc1ccc(OC)cc1OC)Cc1nc(Br)sc1C(=O)OCC.CCOC(=O)c1sc(Br)nc1CBr. The van der Waals surface area contributed by atoms with Crippen molar-refractivity contribution in [1.29, 1.82) is 0 Å². The zero-order chi connectivity index (χ0) is 31.9. The maximum absolute atomic E-state index is 12.3. The van der Waals surface area contributed by atoms with Gasteiger partial charge in [-0.05, 0) is 58.7 Å². The molecule has 0 bridgehead atoms. The van der Waals surface area contributed by atoms with Crippen molar-refractivity contribution >= 4 is 88.4 Å². The smallest absolute Gasteiger partial charge is 0.350 e. The summed E-state index contributed by atoms with van der Waals surface area (Å²) in [5.41, 5.74) is 2.10. The first-order chi connectivity index (χ1) is 20.6. The summed E-state index contributed by atoms with van der Waals surface area (Å²) in [6.07, 6.45) is 0. The van der Waals surface area contributed by atoms with Crippen molar-refractivity contribution in [3.05, 3.63) is 52.7 Å². The van der Waals surface area contributed by atoms with Gasteiger partial charge in [-0.25, -0.2) is 19.6 Å². The maximum Gasteiger partial charge on any atom is 0.350 e. The monoisotopic (exact) mass is 827 g/mol. The number of hydrogen-bond donors (Lipinski definition) is 0. The van der Waals surface area contributed by atoms with E-state index in [0.29, 0.717) is 53.3 Å². The van der Waals surface area contributed by atoms with Gasteiger partial charge in [-0.2, -0.15) is 0 Å². The number of ether oxygens (including phenoxy) is 5. The van der Waals surface area contributed by atoms with Gasteiger partial charge in [0.25, 0.3) is 0 Å². The second-order valence-corrected chi connectivity index (χ2v) is 13.3. The van der Waals surface area contributed by atoms with Gasteiger partial charge in [0.05, 0.1) is 52.0 Å². The molecule has 0 saturated heterocycles. The molecule has 0 fully saturated rings. The number of carbonyl (C=O) groups excluding carboxylic acids is 3. The van der Waals surface area contributed by atoms with Gasteiger partial charge >= 0.3 is 17.9 Å². The standard InChI is InChI=1S/C20H25BrN2O6S.C7H7Br2NO2S/c1-5-28-17(24)12-23(10-13-7-8-14(26-3)9-16(13)27-4)11-15-18(19(25)29-6-2)30-20(21)22-15;1-2-12-6(11)5-4(3-8)10-7(9)13-5/h7-9H,5-6,10-12H2,1-4H3;2-3H2,1H3. The van der Waals surface area contributed by atoms with Crippen molar-refractivity contribution < 1.29 is 38.1 Å². The van der Waals surface area contributed by atoms with Crippen LogP contribution in [0.25, 0.3) is 0 Å². The van der Waals surface area contributed by atoms with E-state index in [9.17, 15) is 14.4 Å².